The second-order valence-corrected chi connectivity index (χ2v) is 1.64. The molecule has 0 aromatic rings. The van der Waals surface area contributed by atoms with E-state index in [-0.39, 0.29) is 0 Å². The highest BCUT2D eigenvalue weighted by Gasteiger charge is 2.61. The van der Waals surface area contributed by atoms with E-state index in [1.807, 2.05) is 0 Å². The summed E-state index contributed by atoms with van der Waals surface area (Å²) < 4.78 is 66.3. The van der Waals surface area contributed by atoms with Gasteiger partial charge in [-0.15, -0.1) is 0 Å². The lowest BCUT2D eigenvalue weighted by molar-refractivity contribution is -0.655. The monoisotopic (exact) mass is 183 g/mol. The molecule has 0 bridgehead atoms. The average molecular weight is 183 g/mol. The molecule has 1 N–H and O–H groups in total. The lowest BCUT2D eigenvalue weighted by Gasteiger charge is -2.37. The van der Waals surface area contributed by atoms with E-state index < -0.39 is 18.1 Å². The van der Waals surface area contributed by atoms with Crippen molar-refractivity contribution in [3.8, 4) is 0 Å². The molecule has 0 radical (unpaired) electrons. The molecule has 0 unspecified atom stereocenters. The molecule has 2 nitrogen and oxygen atoms in total. The van der Waals surface area contributed by atoms with Crippen molar-refractivity contribution in [1.29, 1.82) is 0 Å². The highest BCUT2D eigenvalue weighted by atomic mass is 19.4. The topological polar surface area (TPSA) is 43.3 Å². The predicted octanol–water partition coefficient (Wildman–Crippen LogP) is 0.160. The fourth-order valence-corrected chi connectivity index (χ4v) is 0.161. The van der Waals surface area contributed by atoms with Crippen molar-refractivity contribution in [2.45, 2.75) is 18.1 Å². The van der Waals surface area contributed by atoms with E-state index in [2.05, 4.69) is 0 Å². The Bertz CT molecular complexity index is 127. The Labute approximate surface area is 56.1 Å². The van der Waals surface area contributed by atoms with Gasteiger partial charge in [-0.05, 0) is 0 Å². The third-order valence-electron chi connectivity index (χ3n) is 0.768. The van der Waals surface area contributed by atoms with Crippen LogP contribution >= 0.6 is 0 Å². The molecule has 0 atom stereocenters. The Kier molecular flexibility index (Phi) is 2.14. The SMILES string of the molecule is [O-]C(O)(C(F)(F)F)C(F)(F)F. The summed E-state index contributed by atoms with van der Waals surface area (Å²) in [4.78, 5) is 0. The van der Waals surface area contributed by atoms with Crippen LogP contribution in [0.4, 0.5) is 26.3 Å². The number of alkyl halides is 6. The maximum absolute atomic E-state index is 11.0. The molecule has 0 aliphatic carbocycles. The fraction of sp³-hybridized carbons (Fsp3) is 1.00. The van der Waals surface area contributed by atoms with Crippen LogP contribution in [0, 0.1) is 0 Å². The van der Waals surface area contributed by atoms with Crippen LogP contribution in [0.1, 0.15) is 0 Å². The summed E-state index contributed by atoms with van der Waals surface area (Å²) >= 11 is 0. The van der Waals surface area contributed by atoms with Gasteiger partial charge in [0.15, 0.2) is 5.79 Å². The van der Waals surface area contributed by atoms with E-state index in [9.17, 15) is 31.4 Å². The Morgan fingerprint density at radius 3 is 1.00 bits per heavy atom. The second kappa shape index (κ2) is 2.24. The Morgan fingerprint density at radius 2 is 1.00 bits per heavy atom. The molecule has 0 heterocycles. The number of halogens is 6. The summed E-state index contributed by atoms with van der Waals surface area (Å²) in [5, 5.41) is 16.8. The molecular weight excluding hydrogens is 182 g/mol. The first-order chi connectivity index (χ1) is 4.50. The second-order valence-electron chi connectivity index (χ2n) is 1.64. The number of rotatable bonds is 0. The third kappa shape index (κ3) is 1.74. The van der Waals surface area contributed by atoms with Crippen molar-refractivity contribution < 1.29 is 36.6 Å². The minimum atomic E-state index is -6.24. The minimum Gasteiger partial charge on any atom is -0.815 e. The first kappa shape index (κ1) is 10.5. The largest absolute Gasteiger partial charge is 0.815 e. The highest BCUT2D eigenvalue weighted by Crippen LogP contribution is 2.38. The van der Waals surface area contributed by atoms with Gasteiger partial charge >= 0.3 is 12.4 Å². The molecule has 68 valence electrons. The Morgan fingerprint density at radius 1 is 0.818 bits per heavy atom. The van der Waals surface area contributed by atoms with Crippen LogP contribution in [0.25, 0.3) is 0 Å². The van der Waals surface area contributed by atoms with Crippen LogP contribution in [0.3, 0.4) is 0 Å². The first-order valence-electron chi connectivity index (χ1n) is 2.06. The zero-order valence-electron chi connectivity index (χ0n) is 4.62. The first-order valence-corrected chi connectivity index (χ1v) is 2.06. The summed E-state index contributed by atoms with van der Waals surface area (Å²) in [6.07, 6.45) is -12.5. The van der Waals surface area contributed by atoms with Gasteiger partial charge < -0.3 is 10.2 Å². The number of hydrogen-bond donors (Lipinski definition) is 1. The fourth-order valence-electron chi connectivity index (χ4n) is 0.161. The summed E-state index contributed by atoms with van der Waals surface area (Å²) in [6.45, 7) is 0. The molecule has 8 heteroatoms. The summed E-state index contributed by atoms with van der Waals surface area (Å²) in [7, 11) is 0. The van der Waals surface area contributed by atoms with Crippen molar-refractivity contribution >= 4 is 0 Å². The highest BCUT2D eigenvalue weighted by molar-refractivity contribution is 4.80. The Balaban J connectivity index is 4.75. The summed E-state index contributed by atoms with van der Waals surface area (Å²) in [5.74, 6) is -5.88. The molecule has 0 amide bonds. The average Bonchev–Trinajstić information content (AvgIpc) is 1.58. The minimum absolute atomic E-state index is 5.88. The molecule has 0 spiro atoms. The zero-order chi connectivity index (χ0) is 9.50. The van der Waals surface area contributed by atoms with Gasteiger partial charge in [-0.1, -0.05) is 0 Å². The van der Waals surface area contributed by atoms with E-state index in [1.165, 1.54) is 0 Å². The smallest absolute Gasteiger partial charge is 0.411 e. The number of hydrogen-bond acceptors (Lipinski definition) is 2. The zero-order valence-corrected chi connectivity index (χ0v) is 4.62. The van der Waals surface area contributed by atoms with Gasteiger partial charge in [0.25, 0.3) is 0 Å². The van der Waals surface area contributed by atoms with Gasteiger partial charge in [-0.3, -0.25) is 0 Å². The lowest BCUT2D eigenvalue weighted by Crippen LogP contribution is -2.66. The van der Waals surface area contributed by atoms with Crippen molar-refractivity contribution in [2.75, 3.05) is 0 Å². The number of aliphatic hydroxyl groups is 1. The van der Waals surface area contributed by atoms with Crippen LogP contribution in [-0.4, -0.2) is 23.2 Å². The molecule has 0 rings (SSSR count). The van der Waals surface area contributed by atoms with Crippen LogP contribution < -0.4 is 5.11 Å². The van der Waals surface area contributed by atoms with Gasteiger partial charge in [0, 0.05) is 0 Å². The van der Waals surface area contributed by atoms with Gasteiger partial charge in [-0.2, -0.15) is 26.3 Å². The maximum Gasteiger partial charge on any atom is 0.411 e. The van der Waals surface area contributed by atoms with Crippen molar-refractivity contribution in [2.24, 2.45) is 0 Å². The van der Waals surface area contributed by atoms with Crippen molar-refractivity contribution in [3.63, 3.8) is 0 Å². The maximum atomic E-state index is 11.0. The van der Waals surface area contributed by atoms with Crippen LogP contribution in [0.2, 0.25) is 0 Å². The van der Waals surface area contributed by atoms with Gasteiger partial charge in [0.2, 0.25) is 0 Å². The predicted molar refractivity (Wildman–Crippen MR) is 17.1 cm³/mol. The lowest BCUT2D eigenvalue weighted by atomic mass is 10.3. The molecule has 0 aromatic carbocycles. The molecule has 0 aliphatic rings. The van der Waals surface area contributed by atoms with Gasteiger partial charge in [-0.25, -0.2) is 0 Å². The van der Waals surface area contributed by atoms with Crippen LogP contribution in [-0.2, 0) is 0 Å². The normalized spacial score (nSPS) is 15.3. The van der Waals surface area contributed by atoms with Crippen LogP contribution in [0.15, 0.2) is 0 Å². The van der Waals surface area contributed by atoms with E-state index in [4.69, 9.17) is 5.11 Å². The van der Waals surface area contributed by atoms with Crippen molar-refractivity contribution in [3.05, 3.63) is 0 Å². The Hall–Kier alpha value is -0.500. The molecule has 11 heavy (non-hydrogen) atoms. The molecule has 0 saturated carbocycles. The van der Waals surface area contributed by atoms with Crippen molar-refractivity contribution in [1.82, 2.24) is 0 Å². The van der Waals surface area contributed by atoms with Gasteiger partial charge in [0.05, 0.1) is 0 Å². The molecule has 0 fully saturated rings. The van der Waals surface area contributed by atoms with E-state index in [0.29, 0.717) is 0 Å². The molecule has 0 aliphatic heterocycles. The summed E-state index contributed by atoms with van der Waals surface area (Å²) in [6, 6.07) is 0. The molecule has 0 saturated heterocycles. The quantitative estimate of drug-likeness (QED) is 0.429. The van der Waals surface area contributed by atoms with Gasteiger partial charge in [0.1, 0.15) is 0 Å². The van der Waals surface area contributed by atoms with Crippen LogP contribution in [0.5, 0.6) is 0 Å². The summed E-state index contributed by atoms with van der Waals surface area (Å²) in [5.41, 5.74) is 0. The van der Waals surface area contributed by atoms with E-state index >= 15 is 0 Å². The molecular formula is C3HF6O2-. The molecule has 0 aromatic heterocycles. The standard InChI is InChI=1S/C3HF6O2/c4-2(5,6)1(10,11)3(7,8)9/h10H/q-1. The third-order valence-corrected chi connectivity index (χ3v) is 0.768. The van der Waals surface area contributed by atoms with E-state index in [1.54, 1.807) is 0 Å². The van der Waals surface area contributed by atoms with E-state index in [0.717, 1.165) is 0 Å².